The van der Waals surface area contributed by atoms with E-state index in [0.29, 0.717) is 12.8 Å². The second-order valence-corrected chi connectivity index (χ2v) is 7.55. The molecule has 0 saturated heterocycles. The summed E-state index contributed by atoms with van der Waals surface area (Å²) < 4.78 is 43.6. The molecule has 110 valence electrons. The molecule has 4 N–H and O–H groups in total. The summed E-state index contributed by atoms with van der Waals surface area (Å²) in [7, 11) is -15.6. The largest absolute Gasteiger partial charge is 0.490 e. The average Bonchev–Trinajstić information content (AvgIpc) is 2.06. The Balaban J connectivity index is 4.34. The molecule has 0 aromatic carbocycles. The molecule has 0 aromatic heterocycles. The molecular weight excluding hydrogens is 313 g/mol. The molecule has 0 radical (unpaired) electrons. The third-order valence-electron chi connectivity index (χ3n) is 1.42. The molecule has 0 rings (SSSR count). The van der Waals surface area contributed by atoms with Crippen LogP contribution in [0.3, 0.4) is 0 Å². The standard InChI is InChI=1S/C5H15O10P3/c1-2-3-4-5-13-17(9,10)15-18(11,12)14-16(6,7)8/h2-5H2,1H3,(H,9,10)(H,11,12)(H2,6,7,8). The molecule has 0 aliphatic carbocycles. The summed E-state index contributed by atoms with van der Waals surface area (Å²) in [6.07, 6.45) is 1.94. The number of hydrogen-bond acceptors (Lipinski definition) is 6. The van der Waals surface area contributed by atoms with Crippen molar-refractivity contribution in [1.29, 1.82) is 0 Å². The van der Waals surface area contributed by atoms with Crippen LogP contribution in [-0.2, 0) is 26.8 Å². The van der Waals surface area contributed by atoms with Crippen molar-refractivity contribution in [1.82, 2.24) is 0 Å². The van der Waals surface area contributed by atoms with Crippen molar-refractivity contribution in [2.24, 2.45) is 0 Å². The maximum atomic E-state index is 11.1. The summed E-state index contributed by atoms with van der Waals surface area (Å²) >= 11 is 0. The van der Waals surface area contributed by atoms with E-state index < -0.39 is 23.5 Å². The van der Waals surface area contributed by atoms with Crippen LogP contribution in [0.5, 0.6) is 0 Å². The minimum absolute atomic E-state index is 0.211. The molecule has 0 spiro atoms. The Morgan fingerprint density at radius 1 is 0.889 bits per heavy atom. The van der Waals surface area contributed by atoms with E-state index in [0.717, 1.165) is 6.42 Å². The lowest BCUT2D eigenvalue weighted by atomic mass is 10.3. The normalized spacial score (nSPS) is 19.2. The van der Waals surface area contributed by atoms with Gasteiger partial charge in [0.05, 0.1) is 6.61 Å². The van der Waals surface area contributed by atoms with Crippen LogP contribution in [0.2, 0.25) is 0 Å². The highest BCUT2D eigenvalue weighted by Crippen LogP contribution is 2.66. The summed E-state index contributed by atoms with van der Waals surface area (Å²) in [4.78, 5) is 34.3. The highest BCUT2D eigenvalue weighted by atomic mass is 31.3. The molecule has 2 unspecified atom stereocenters. The van der Waals surface area contributed by atoms with Gasteiger partial charge in [0, 0.05) is 0 Å². The monoisotopic (exact) mass is 328 g/mol. The van der Waals surface area contributed by atoms with Gasteiger partial charge in [-0.2, -0.15) is 8.62 Å². The predicted octanol–water partition coefficient (Wildman–Crippen LogP) is 1.52. The molecule has 0 bridgehead atoms. The smallest absolute Gasteiger partial charge is 0.302 e. The van der Waals surface area contributed by atoms with E-state index in [-0.39, 0.29) is 6.61 Å². The third-order valence-corrected chi connectivity index (χ3v) is 5.25. The van der Waals surface area contributed by atoms with Gasteiger partial charge in [0.15, 0.2) is 0 Å². The molecule has 10 nitrogen and oxygen atoms in total. The van der Waals surface area contributed by atoms with Gasteiger partial charge in [0.2, 0.25) is 0 Å². The molecule has 0 fully saturated rings. The van der Waals surface area contributed by atoms with Crippen LogP contribution < -0.4 is 0 Å². The van der Waals surface area contributed by atoms with Crippen molar-refractivity contribution in [2.75, 3.05) is 6.61 Å². The van der Waals surface area contributed by atoms with Crippen LogP contribution in [0.4, 0.5) is 0 Å². The van der Waals surface area contributed by atoms with Crippen molar-refractivity contribution in [2.45, 2.75) is 26.2 Å². The topological polar surface area (TPSA) is 160 Å². The van der Waals surface area contributed by atoms with Crippen molar-refractivity contribution in [3.63, 3.8) is 0 Å². The minimum atomic E-state index is -5.39. The van der Waals surface area contributed by atoms with Crippen LogP contribution in [0, 0.1) is 0 Å². The van der Waals surface area contributed by atoms with Crippen molar-refractivity contribution >= 4 is 23.5 Å². The van der Waals surface area contributed by atoms with Crippen molar-refractivity contribution in [3.8, 4) is 0 Å². The molecule has 2 atom stereocenters. The van der Waals surface area contributed by atoms with E-state index in [1.54, 1.807) is 0 Å². The van der Waals surface area contributed by atoms with Gasteiger partial charge in [-0.05, 0) is 6.42 Å². The number of rotatable bonds is 9. The van der Waals surface area contributed by atoms with E-state index in [2.05, 4.69) is 13.1 Å². The lowest BCUT2D eigenvalue weighted by Gasteiger charge is -2.15. The summed E-state index contributed by atoms with van der Waals surface area (Å²) in [6.45, 7) is 1.67. The second-order valence-electron chi connectivity index (χ2n) is 3.13. The summed E-state index contributed by atoms with van der Waals surface area (Å²) in [5.74, 6) is 0. The van der Waals surface area contributed by atoms with Crippen LogP contribution in [0.25, 0.3) is 0 Å². The maximum Gasteiger partial charge on any atom is 0.490 e. The zero-order chi connectivity index (χ0) is 14.4. The van der Waals surface area contributed by atoms with Gasteiger partial charge in [0.1, 0.15) is 0 Å². The van der Waals surface area contributed by atoms with E-state index in [9.17, 15) is 13.7 Å². The Morgan fingerprint density at radius 2 is 1.44 bits per heavy atom. The van der Waals surface area contributed by atoms with Gasteiger partial charge < -0.3 is 19.6 Å². The number of phosphoric acid groups is 3. The first kappa shape index (κ1) is 18.4. The first-order chi connectivity index (χ1) is 7.97. The first-order valence-corrected chi connectivity index (χ1v) is 9.28. The van der Waals surface area contributed by atoms with Crippen LogP contribution in [0.15, 0.2) is 0 Å². The van der Waals surface area contributed by atoms with E-state index in [1.807, 2.05) is 6.92 Å². The van der Waals surface area contributed by atoms with Gasteiger partial charge in [-0.1, -0.05) is 19.8 Å². The summed E-state index contributed by atoms with van der Waals surface area (Å²) in [6, 6.07) is 0. The van der Waals surface area contributed by atoms with Gasteiger partial charge in [-0.3, -0.25) is 4.52 Å². The van der Waals surface area contributed by atoms with Crippen LogP contribution in [0.1, 0.15) is 26.2 Å². The van der Waals surface area contributed by atoms with E-state index in [1.165, 1.54) is 0 Å². The van der Waals surface area contributed by atoms with E-state index in [4.69, 9.17) is 19.6 Å². The van der Waals surface area contributed by atoms with Crippen LogP contribution in [-0.4, -0.2) is 26.2 Å². The van der Waals surface area contributed by atoms with Crippen molar-refractivity contribution < 1.29 is 46.4 Å². The first-order valence-electron chi connectivity index (χ1n) is 4.76. The van der Waals surface area contributed by atoms with E-state index >= 15 is 0 Å². The Bertz CT molecular complexity index is 387. The SMILES string of the molecule is CCCCCOP(=O)(O)OP(=O)(O)OP(=O)(O)O. The Morgan fingerprint density at radius 3 is 1.89 bits per heavy atom. The average molecular weight is 328 g/mol. The fraction of sp³-hybridized carbons (Fsp3) is 1.00. The third kappa shape index (κ3) is 10.3. The lowest BCUT2D eigenvalue weighted by Crippen LogP contribution is -1.98. The van der Waals surface area contributed by atoms with Crippen molar-refractivity contribution in [3.05, 3.63) is 0 Å². The highest BCUT2D eigenvalue weighted by molar-refractivity contribution is 7.66. The quantitative estimate of drug-likeness (QED) is 0.361. The number of unbranched alkanes of at least 4 members (excludes halogenated alkanes) is 2. The number of phosphoric ester groups is 1. The van der Waals surface area contributed by atoms with Gasteiger partial charge in [0.25, 0.3) is 0 Å². The van der Waals surface area contributed by atoms with Gasteiger partial charge >= 0.3 is 23.5 Å². The molecular formula is C5H15O10P3. The fourth-order valence-corrected chi connectivity index (χ4v) is 3.89. The Kier molecular flexibility index (Phi) is 7.43. The van der Waals surface area contributed by atoms with Crippen LogP contribution >= 0.6 is 23.5 Å². The zero-order valence-electron chi connectivity index (χ0n) is 9.41. The summed E-state index contributed by atoms with van der Waals surface area (Å²) in [5, 5.41) is 0. The fourth-order valence-electron chi connectivity index (χ4n) is 0.835. The molecule has 0 heterocycles. The zero-order valence-corrected chi connectivity index (χ0v) is 12.1. The Hall–Kier alpha value is 0.410. The molecule has 0 aromatic rings. The lowest BCUT2D eigenvalue weighted by molar-refractivity contribution is 0.170. The molecule has 0 aliphatic heterocycles. The predicted molar refractivity (Wildman–Crippen MR) is 59.3 cm³/mol. The maximum absolute atomic E-state index is 11.1. The second kappa shape index (κ2) is 7.26. The van der Waals surface area contributed by atoms with Gasteiger partial charge in [-0.15, -0.1) is 0 Å². The highest BCUT2D eigenvalue weighted by Gasteiger charge is 2.40. The minimum Gasteiger partial charge on any atom is -0.302 e. The Labute approximate surface area is 103 Å². The molecule has 0 aliphatic rings. The molecule has 18 heavy (non-hydrogen) atoms. The number of hydrogen-bond donors (Lipinski definition) is 4. The molecule has 0 saturated carbocycles. The molecule has 13 heteroatoms. The summed E-state index contributed by atoms with van der Waals surface area (Å²) in [5.41, 5.74) is 0. The molecule has 0 amide bonds. The van der Waals surface area contributed by atoms with Gasteiger partial charge in [-0.25, -0.2) is 13.7 Å².